The average molecular weight is 890 g/mol. The van der Waals surface area contributed by atoms with Crippen molar-refractivity contribution in [1.82, 2.24) is 15.2 Å². The summed E-state index contributed by atoms with van der Waals surface area (Å²) in [7, 11) is 0. The van der Waals surface area contributed by atoms with Crippen molar-refractivity contribution in [2.24, 2.45) is 0 Å². The van der Waals surface area contributed by atoms with Crippen LogP contribution in [0.5, 0.6) is 0 Å². The van der Waals surface area contributed by atoms with Gasteiger partial charge < -0.3 is 14.4 Å². The predicted molar refractivity (Wildman–Crippen MR) is 288 cm³/mol. The molecule has 1 aliphatic rings. The molecule has 3 atom stereocenters. The number of nitrogens with one attached hydrogen (secondary N) is 2. The molecule has 3 unspecified atom stereocenters. The molecule has 332 valence electrons. The molecule has 0 radical (unpaired) electrons. The van der Waals surface area contributed by atoms with E-state index in [0.717, 1.165) is 40.5 Å². The van der Waals surface area contributed by atoms with Crippen LogP contribution in [0.3, 0.4) is 0 Å². The van der Waals surface area contributed by atoms with Crippen LogP contribution in [0.4, 0.5) is 34.1 Å². The lowest BCUT2D eigenvalue weighted by molar-refractivity contribution is 0.205. The van der Waals surface area contributed by atoms with E-state index in [9.17, 15) is 0 Å². The standard InChI is InChI=1S/C64H51N5/c1-7-19-48(20-8-1)60-45-63(66-64(65-60)49-21-9-2-10-22-49)69-61-41-35-50(46-31-37-56(38-32-46)67(52-23-11-3-12-24-52)53-25-13-4-14-26-53)43-58(61)59-44-51(36-42-62(59)69)47-33-39-57(40-34-47)68(54-27-15-5-16-28-54)55-29-17-6-18-30-55/h1-44,60,63-66H,45H2. The first kappa shape index (κ1) is 41.9. The third-order valence-electron chi connectivity index (χ3n) is 13.6. The van der Waals surface area contributed by atoms with E-state index in [-0.39, 0.29) is 18.4 Å². The van der Waals surface area contributed by atoms with E-state index in [2.05, 4.69) is 292 Å². The van der Waals surface area contributed by atoms with Crippen LogP contribution in [0.1, 0.15) is 35.9 Å². The second-order valence-electron chi connectivity index (χ2n) is 17.8. The van der Waals surface area contributed by atoms with Crippen LogP contribution in [-0.2, 0) is 0 Å². The summed E-state index contributed by atoms with van der Waals surface area (Å²) in [5, 5.41) is 10.5. The lowest BCUT2D eigenvalue weighted by Gasteiger charge is -2.39. The van der Waals surface area contributed by atoms with E-state index in [1.807, 2.05) is 0 Å². The topological polar surface area (TPSA) is 35.5 Å². The smallest absolute Gasteiger partial charge is 0.0878 e. The fraction of sp³-hybridized carbons (Fsp3) is 0.0625. The third-order valence-corrected chi connectivity index (χ3v) is 13.6. The van der Waals surface area contributed by atoms with E-state index in [0.29, 0.717) is 0 Å². The Kier molecular flexibility index (Phi) is 11.3. The Morgan fingerprint density at radius 2 is 0.652 bits per heavy atom. The van der Waals surface area contributed by atoms with Crippen molar-refractivity contribution < 1.29 is 0 Å². The number of anilines is 6. The minimum Gasteiger partial charge on any atom is -0.324 e. The van der Waals surface area contributed by atoms with Crippen LogP contribution >= 0.6 is 0 Å². The molecule has 0 saturated carbocycles. The number of benzene rings is 10. The van der Waals surface area contributed by atoms with Crippen LogP contribution in [0, 0.1) is 0 Å². The van der Waals surface area contributed by atoms with Crippen molar-refractivity contribution in [3.63, 3.8) is 0 Å². The summed E-state index contributed by atoms with van der Waals surface area (Å²) in [5.41, 5.74) is 16.3. The van der Waals surface area contributed by atoms with E-state index in [1.54, 1.807) is 0 Å². The predicted octanol–water partition coefficient (Wildman–Crippen LogP) is 16.6. The van der Waals surface area contributed by atoms with Gasteiger partial charge in [0, 0.05) is 57.4 Å². The van der Waals surface area contributed by atoms with Crippen LogP contribution in [0.15, 0.2) is 267 Å². The third kappa shape index (κ3) is 8.36. The van der Waals surface area contributed by atoms with E-state index >= 15 is 0 Å². The Balaban J connectivity index is 0.969. The molecule has 1 aliphatic heterocycles. The fourth-order valence-electron chi connectivity index (χ4n) is 10.3. The van der Waals surface area contributed by atoms with Crippen LogP contribution in [-0.4, -0.2) is 4.57 Å². The van der Waals surface area contributed by atoms with Gasteiger partial charge in [0.05, 0.1) is 23.4 Å². The van der Waals surface area contributed by atoms with Crippen molar-refractivity contribution in [2.75, 3.05) is 9.80 Å². The summed E-state index contributed by atoms with van der Waals surface area (Å²) in [6.07, 6.45) is 0.828. The van der Waals surface area contributed by atoms with E-state index < -0.39 is 0 Å². The number of rotatable bonds is 11. The Morgan fingerprint density at radius 3 is 1.04 bits per heavy atom. The highest BCUT2D eigenvalue weighted by Crippen LogP contribution is 2.43. The number of fused-ring (bicyclic) bond motifs is 3. The number of para-hydroxylation sites is 4. The van der Waals surface area contributed by atoms with E-state index in [4.69, 9.17) is 0 Å². The monoisotopic (exact) mass is 889 g/mol. The second kappa shape index (κ2) is 18.7. The summed E-state index contributed by atoms with van der Waals surface area (Å²) in [5.74, 6) is 0. The normalized spacial score (nSPS) is 15.8. The van der Waals surface area contributed by atoms with Crippen molar-refractivity contribution in [2.45, 2.75) is 24.8 Å². The molecule has 5 heteroatoms. The molecule has 2 N–H and O–H groups in total. The van der Waals surface area contributed by atoms with E-state index in [1.165, 1.54) is 55.2 Å². The summed E-state index contributed by atoms with van der Waals surface area (Å²) >= 11 is 0. The van der Waals surface area contributed by atoms with Gasteiger partial charge in [0.1, 0.15) is 0 Å². The van der Waals surface area contributed by atoms with Crippen LogP contribution in [0.25, 0.3) is 44.1 Å². The number of hydrogen-bond acceptors (Lipinski definition) is 4. The molecule has 10 aromatic carbocycles. The van der Waals surface area contributed by atoms with Gasteiger partial charge in [-0.1, -0.05) is 170 Å². The lowest BCUT2D eigenvalue weighted by Crippen LogP contribution is -2.47. The summed E-state index contributed by atoms with van der Waals surface area (Å²) in [6.45, 7) is 0. The minimum absolute atomic E-state index is 0.000779. The molecule has 12 rings (SSSR count). The maximum absolute atomic E-state index is 4.08. The molecule has 1 aromatic heterocycles. The van der Waals surface area contributed by atoms with Crippen molar-refractivity contribution >= 4 is 55.9 Å². The van der Waals surface area contributed by atoms with Crippen molar-refractivity contribution in [1.29, 1.82) is 0 Å². The van der Waals surface area contributed by atoms with Gasteiger partial charge in [0.2, 0.25) is 0 Å². The molecule has 0 spiro atoms. The highest BCUT2D eigenvalue weighted by Gasteiger charge is 2.32. The molecular weight excluding hydrogens is 839 g/mol. The first-order chi connectivity index (χ1) is 34.2. The van der Waals surface area contributed by atoms with Crippen LogP contribution in [0.2, 0.25) is 0 Å². The molecule has 0 aliphatic carbocycles. The molecule has 5 nitrogen and oxygen atoms in total. The lowest BCUT2D eigenvalue weighted by atomic mass is 9.97. The summed E-state index contributed by atoms with van der Waals surface area (Å²) < 4.78 is 2.56. The van der Waals surface area contributed by atoms with Crippen molar-refractivity contribution in [3.05, 3.63) is 278 Å². The fourth-order valence-corrected chi connectivity index (χ4v) is 10.3. The molecule has 0 amide bonds. The van der Waals surface area contributed by atoms with Gasteiger partial charge in [-0.2, -0.15) is 0 Å². The van der Waals surface area contributed by atoms with Gasteiger partial charge in [-0.05, 0) is 130 Å². The van der Waals surface area contributed by atoms with Gasteiger partial charge in [-0.25, -0.2) is 0 Å². The largest absolute Gasteiger partial charge is 0.324 e. The molecule has 69 heavy (non-hydrogen) atoms. The zero-order chi connectivity index (χ0) is 45.9. The van der Waals surface area contributed by atoms with Gasteiger partial charge in [-0.3, -0.25) is 10.6 Å². The van der Waals surface area contributed by atoms with Gasteiger partial charge in [0.15, 0.2) is 0 Å². The number of aromatic nitrogens is 1. The maximum Gasteiger partial charge on any atom is 0.0878 e. The second-order valence-corrected chi connectivity index (χ2v) is 17.8. The molecular formula is C64H51N5. The van der Waals surface area contributed by atoms with Gasteiger partial charge in [-0.15, -0.1) is 0 Å². The van der Waals surface area contributed by atoms with Gasteiger partial charge in [0.25, 0.3) is 0 Å². The highest BCUT2D eigenvalue weighted by molar-refractivity contribution is 6.10. The zero-order valence-corrected chi connectivity index (χ0v) is 38.2. The average Bonchev–Trinajstić information content (AvgIpc) is 3.76. The number of hydrogen-bond donors (Lipinski definition) is 2. The first-order valence-corrected chi connectivity index (χ1v) is 23.9. The Morgan fingerprint density at radius 1 is 0.319 bits per heavy atom. The molecule has 0 bridgehead atoms. The Hall–Kier alpha value is -8.48. The minimum atomic E-state index is -0.0455. The SMILES string of the molecule is c1ccc(C2CC(n3c4ccc(-c5ccc(N(c6ccccc6)c6ccccc6)cc5)cc4c4cc(-c5ccc(N(c6ccccc6)c6ccccc6)cc5)ccc43)NC(c3ccccc3)N2)cc1. The van der Waals surface area contributed by atoms with Gasteiger partial charge >= 0.3 is 0 Å². The highest BCUT2D eigenvalue weighted by atomic mass is 15.3. The first-order valence-electron chi connectivity index (χ1n) is 23.9. The Bertz CT molecular complexity index is 3140. The summed E-state index contributed by atoms with van der Waals surface area (Å²) in [4.78, 5) is 4.62. The quantitative estimate of drug-likeness (QED) is 0.136. The molecule has 11 aromatic rings. The van der Waals surface area contributed by atoms with Crippen LogP contribution < -0.4 is 20.4 Å². The molecule has 1 fully saturated rings. The zero-order valence-electron chi connectivity index (χ0n) is 38.2. The molecule has 1 saturated heterocycles. The maximum atomic E-state index is 4.08. The Labute approximate surface area is 404 Å². The summed E-state index contributed by atoms with van der Waals surface area (Å²) in [6, 6.07) is 96.3. The number of nitrogens with zero attached hydrogens (tertiary/aromatic N) is 3. The molecule has 2 heterocycles. The van der Waals surface area contributed by atoms with Crippen molar-refractivity contribution in [3.8, 4) is 22.3 Å².